The van der Waals surface area contributed by atoms with Gasteiger partial charge in [-0.3, -0.25) is 0 Å². The summed E-state index contributed by atoms with van der Waals surface area (Å²) in [4.78, 5) is 21.3. The van der Waals surface area contributed by atoms with Crippen LogP contribution in [0.4, 0.5) is 0 Å². The van der Waals surface area contributed by atoms with Gasteiger partial charge in [0.2, 0.25) is 0 Å². The molecule has 2 saturated heterocycles. The first-order valence-corrected chi connectivity index (χ1v) is 8.20. The van der Waals surface area contributed by atoms with Crippen molar-refractivity contribution in [3.63, 3.8) is 0 Å². The number of carbonyl (C=O) groups is 2. The van der Waals surface area contributed by atoms with Gasteiger partial charge in [0.05, 0.1) is 6.10 Å². The normalized spacial score (nSPS) is 43.6. The molecule has 2 rings (SSSR count). The Labute approximate surface area is 159 Å². The molecule has 0 aliphatic carbocycles. The average molecular weight is 414 g/mol. The van der Waals surface area contributed by atoms with Gasteiger partial charge >= 0.3 is 11.9 Å². The van der Waals surface area contributed by atoms with E-state index in [0.717, 1.165) is 0 Å². The highest BCUT2D eigenvalue weighted by molar-refractivity contribution is 5.73. The Kier molecular flexibility index (Phi) is 9.13. The van der Waals surface area contributed by atoms with Gasteiger partial charge in [-0.1, -0.05) is 0 Å². The predicted molar refractivity (Wildman–Crippen MR) is 86.1 cm³/mol. The molecule has 0 aromatic heterocycles. The summed E-state index contributed by atoms with van der Waals surface area (Å²) in [5, 5.41) is 64.0. The highest BCUT2D eigenvalue weighted by Crippen LogP contribution is 2.23. The largest absolute Gasteiger partial charge is 0.479 e. The minimum atomic E-state index is -1.67. The number of carboxylic acid groups (broad SMARTS) is 2. The second-order valence-electron chi connectivity index (χ2n) is 6.25. The Morgan fingerprint density at radius 1 is 0.714 bits per heavy atom. The lowest BCUT2D eigenvalue weighted by Gasteiger charge is -2.39. The molecule has 164 valence electrons. The van der Waals surface area contributed by atoms with Crippen molar-refractivity contribution in [1.29, 1.82) is 0 Å². The van der Waals surface area contributed by atoms with Crippen LogP contribution in [0.25, 0.3) is 0 Å². The smallest absolute Gasteiger partial charge is 0.335 e. The molecule has 0 amide bonds. The number of hydrogen-bond donors (Lipinski definition) is 7. The van der Waals surface area contributed by atoms with Gasteiger partial charge in [-0.05, 0) is 6.92 Å². The zero-order valence-corrected chi connectivity index (χ0v) is 15.4. The minimum absolute atomic E-state index is 0.725. The van der Waals surface area contributed by atoms with Gasteiger partial charge in [0, 0.05) is 14.2 Å². The molecule has 0 spiro atoms. The van der Waals surface area contributed by atoms with E-state index in [1.54, 1.807) is 0 Å². The van der Waals surface area contributed by atoms with E-state index in [4.69, 9.17) is 24.4 Å². The Bertz CT molecular complexity index is 526. The summed E-state index contributed by atoms with van der Waals surface area (Å²) in [5.41, 5.74) is 0. The van der Waals surface area contributed by atoms with Gasteiger partial charge < -0.3 is 54.7 Å². The standard InChI is InChI=1S/C8H14O6.C7H12O7/c1-3-4(9)5(10)6(13-2)7(14-3)8(11)12;1-13-7-4(10)2(8)3(9)5(14-7)6(11)12/h3-7,9-10H,1-2H3,(H,11,12);2-5,7-10H,1H3,(H,11,12). The molecular weight excluding hydrogens is 388 g/mol. The average Bonchev–Trinajstić information content (AvgIpc) is 2.64. The molecule has 0 radical (unpaired) electrons. The van der Waals surface area contributed by atoms with Gasteiger partial charge in [-0.15, -0.1) is 0 Å². The predicted octanol–water partition coefficient (Wildman–Crippen LogP) is -3.88. The van der Waals surface area contributed by atoms with Crippen LogP contribution in [-0.4, -0.2) is 123 Å². The number of rotatable bonds is 4. The third-order valence-electron chi connectivity index (χ3n) is 4.39. The molecule has 0 saturated carbocycles. The molecule has 2 heterocycles. The highest BCUT2D eigenvalue weighted by Gasteiger charge is 2.47. The second-order valence-corrected chi connectivity index (χ2v) is 6.25. The number of methoxy groups -OCH3 is 2. The van der Waals surface area contributed by atoms with E-state index in [9.17, 15) is 35.1 Å². The van der Waals surface area contributed by atoms with Gasteiger partial charge in [-0.2, -0.15) is 0 Å². The minimum Gasteiger partial charge on any atom is -0.479 e. The summed E-state index contributed by atoms with van der Waals surface area (Å²) >= 11 is 0. The highest BCUT2D eigenvalue weighted by atomic mass is 16.7. The van der Waals surface area contributed by atoms with Crippen LogP contribution >= 0.6 is 0 Å². The summed E-state index contributed by atoms with van der Waals surface area (Å²) in [6.45, 7) is 1.50. The maximum Gasteiger partial charge on any atom is 0.335 e. The van der Waals surface area contributed by atoms with Crippen molar-refractivity contribution in [1.82, 2.24) is 0 Å². The maximum atomic E-state index is 10.7. The first-order chi connectivity index (χ1) is 13.0. The van der Waals surface area contributed by atoms with E-state index in [2.05, 4.69) is 4.74 Å². The number of aliphatic hydroxyl groups excluding tert-OH is 5. The molecule has 7 N–H and O–H groups in total. The van der Waals surface area contributed by atoms with Crippen LogP contribution in [0.15, 0.2) is 0 Å². The number of carboxylic acids is 2. The van der Waals surface area contributed by atoms with E-state index in [-0.39, 0.29) is 0 Å². The van der Waals surface area contributed by atoms with Gasteiger partial charge in [0.15, 0.2) is 18.5 Å². The quantitative estimate of drug-likeness (QED) is 0.235. The molecule has 0 bridgehead atoms. The van der Waals surface area contributed by atoms with E-state index in [1.165, 1.54) is 21.1 Å². The van der Waals surface area contributed by atoms with Crippen molar-refractivity contribution in [3.8, 4) is 0 Å². The van der Waals surface area contributed by atoms with Gasteiger partial charge in [0.25, 0.3) is 0 Å². The molecular formula is C15H26O13. The zero-order valence-electron chi connectivity index (χ0n) is 15.4. The third-order valence-corrected chi connectivity index (χ3v) is 4.39. The molecule has 2 aliphatic heterocycles. The van der Waals surface area contributed by atoms with Crippen molar-refractivity contribution >= 4 is 11.9 Å². The third kappa shape index (κ3) is 5.34. The molecule has 2 fully saturated rings. The van der Waals surface area contributed by atoms with Crippen molar-refractivity contribution in [2.45, 2.75) is 68.1 Å². The fourth-order valence-electron chi connectivity index (χ4n) is 2.75. The number of aliphatic hydroxyl groups is 5. The molecule has 28 heavy (non-hydrogen) atoms. The van der Waals surface area contributed by atoms with Crippen LogP contribution in [-0.2, 0) is 28.5 Å². The molecule has 10 atom stereocenters. The van der Waals surface area contributed by atoms with Crippen LogP contribution in [0, 0.1) is 0 Å². The van der Waals surface area contributed by atoms with E-state index in [0.29, 0.717) is 0 Å². The van der Waals surface area contributed by atoms with Crippen molar-refractivity contribution in [3.05, 3.63) is 0 Å². The lowest BCUT2D eigenvalue weighted by molar-refractivity contribution is -0.287. The molecule has 13 heteroatoms. The number of hydrogen-bond acceptors (Lipinski definition) is 11. The molecule has 2 aliphatic rings. The first kappa shape index (κ1) is 24.6. The van der Waals surface area contributed by atoms with Gasteiger partial charge in [0.1, 0.15) is 36.6 Å². The summed E-state index contributed by atoms with van der Waals surface area (Å²) in [6, 6.07) is 0. The zero-order chi connectivity index (χ0) is 21.8. The Morgan fingerprint density at radius 3 is 1.68 bits per heavy atom. The number of ether oxygens (including phenoxy) is 4. The van der Waals surface area contributed by atoms with Crippen molar-refractivity contribution < 1.29 is 64.3 Å². The van der Waals surface area contributed by atoms with E-state index < -0.39 is 73.2 Å². The summed E-state index contributed by atoms with van der Waals surface area (Å²) in [5.74, 6) is -2.64. The van der Waals surface area contributed by atoms with Crippen LogP contribution in [0.3, 0.4) is 0 Å². The Hall–Kier alpha value is -1.42. The molecule has 10 unspecified atom stereocenters. The summed E-state index contributed by atoms with van der Waals surface area (Å²) in [6.07, 6.45) is -13.0. The molecule has 0 aromatic carbocycles. The van der Waals surface area contributed by atoms with E-state index >= 15 is 0 Å². The maximum absolute atomic E-state index is 10.7. The topological polar surface area (TPSA) is 213 Å². The number of aliphatic carboxylic acids is 2. The van der Waals surface area contributed by atoms with Crippen molar-refractivity contribution in [2.75, 3.05) is 14.2 Å². The fourth-order valence-corrected chi connectivity index (χ4v) is 2.75. The van der Waals surface area contributed by atoms with Gasteiger partial charge in [-0.25, -0.2) is 9.59 Å². The van der Waals surface area contributed by atoms with Crippen molar-refractivity contribution in [2.24, 2.45) is 0 Å². The molecule has 13 nitrogen and oxygen atoms in total. The first-order valence-electron chi connectivity index (χ1n) is 8.20. The fraction of sp³-hybridized carbons (Fsp3) is 0.867. The van der Waals surface area contributed by atoms with Crippen LogP contribution in [0.1, 0.15) is 6.92 Å². The van der Waals surface area contributed by atoms with Crippen LogP contribution in [0.5, 0.6) is 0 Å². The van der Waals surface area contributed by atoms with Crippen LogP contribution < -0.4 is 0 Å². The Morgan fingerprint density at radius 2 is 1.25 bits per heavy atom. The Balaban J connectivity index is 0.000000280. The lowest BCUT2D eigenvalue weighted by atomic mass is 9.95. The lowest BCUT2D eigenvalue weighted by Crippen LogP contribution is -2.60. The van der Waals surface area contributed by atoms with Crippen LogP contribution in [0.2, 0.25) is 0 Å². The molecule has 0 aromatic rings. The second kappa shape index (κ2) is 10.4. The summed E-state index contributed by atoms with van der Waals surface area (Å²) in [7, 11) is 2.45. The summed E-state index contributed by atoms with van der Waals surface area (Å²) < 4.78 is 19.1. The SMILES string of the molecule is COC1C(C(=O)O)OC(C)C(O)C1O.COC1OC(C(=O)O)C(O)C(O)C1O. The monoisotopic (exact) mass is 414 g/mol. The van der Waals surface area contributed by atoms with E-state index in [1.807, 2.05) is 0 Å².